The SMILES string of the molecule is C=CC[C@@H]1C[C@@H]2[C@@H](CCN2C(=O)OC(C)(C)C)[C@@]1(NC(C)=O)C(=O)NC(C)(C)C. The fourth-order valence-corrected chi connectivity index (χ4v) is 4.83. The third-order valence-corrected chi connectivity index (χ3v) is 5.63. The summed E-state index contributed by atoms with van der Waals surface area (Å²) in [6, 6.07) is -0.160. The minimum atomic E-state index is -1.07. The molecular formula is C22H37N3O4. The largest absolute Gasteiger partial charge is 0.444 e. The lowest BCUT2D eigenvalue weighted by atomic mass is 9.76. The summed E-state index contributed by atoms with van der Waals surface area (Å²) in [5.74, 6) is -0.761. The third-order valence-electron chi connectivity index (χ3n) is 5.63. The van der Waals surface area contributed by atoms with Gasteiger partial charge in [-0.3, -0.25) is 9.59 Å². The number of nitrogens with zero attached hydrogens (tertiary/aromatic N) is 1. The predicted octanol–water partition coefficient (Wildman–Crippen LogP) is 3.00. The zero-order chi connectivity index (χ0) is 22.2. The van der Waals surface area contributed by atoms with Crippen LogP contribution >= 0.6 is 0 Å². The van der Waals surface area contributed by atoms with E-state index in [9.17, 15) is 14.4 Å². The standard InChI is InChI=1S/C22H37N3O4/c1-9-10-15-13-17-16(11-12-25(17)19(28)29-21(6,7)8)22(15,23-14(2)26)18(27)24-20(3,4)5/h9,15-17H,1,10-13H2,2-8H3,(H,23,26)(H,24,27)/t15-,16-,17-,22-/m1/s1. The van der Waals surface area contributed by atoms with E-state index in [2.05, 4.69) is 17.2 Å². The van der Waals surface area contributed by atoms with Crippen LogP contribution in [-0.4, -0.2) is 52.1 Å². The van der Waals surface area contributed by atoms with Gasteiger partial charge in [0, 0.05) is 31.0 Å². The summed E-state index contributed by atoms with van der Waals surface area (Å²) in [6.45, 7) is 17.1. The number of carbonyl (C=O) groups is 3. The highest BCUT2D eigenvalue weighted by Crippen LogP contribution is 2.50. The number of carbonyl (C=O) groups excluding carboxylic acids is 3. The molecule has 3 amide bonds. The van der Waals surface area contributed by atoms with Crippen molar-refractivity contribution in [2.45, 2.75) is 90.4 Å². The summed E-state index contributed by atoms with van der Waals surface area (Å²) < 4.78 is 5.59. The summed E-state index contributed by atoms with van der Waals surface area (Å²) in [5.41, 5.74) is -2.11. The maximum Gasteiger partial charge on any atom is 0.410 e. The van der Waals surface area contributed by atoms with Gasteiger partial charge in [0.1, 0.15) is 11.1 Å². The monoisotopic (exact) mass is 407 g/mol. The van der Waals surface area contributed by atoms with Gasteiger partial charge in [-0.1, -0.05) is 6.08 Å². The van der Waals surface area contributed by atoms with E-state index < -0.39 is 16.7 Å². The number of hydrogen-bond acceptors (Lipinski definition) is 4. The van der Waals surface area contributed by atoms with Crippen molar-refractivity contribution in [1.82, 2.24) is 15.5 Å². The zero-order valence-corrected chi connectivity index (χ0v) is 18.9. The molecule has 1 saturated carbocycles. The predicted molar refractivity (Wildman–Crippen MR) is 112 cm³/mol. The molecule has 1 heterocycles. The molecule has 1 aliphatic carbocycles. The van der Waals surface area contributed by atoms with Crippen LogP contribution in [0.25, 0.3) is 0 Å². The number of ether oxygens (including phenoxy) is 1. The van der Waals surface area contributed by atoms with E-state index in [0.29, 0.717) is 25.8 Å². The van der Waals surface area contributed by atoms with Gasteiger partial charge in [-0.05, 0) is 66.7 Å². The van der Waals surface area contributed by atoms with E-state index in [1.807, 2.05) is 41.5 Å². The molecule has 2 fully saturated rings. The molecule has 2 aliphatic rings. The second-order valence-corrected chi connectivity index (χ2v) is 10.3. The van der Waals surface area contributed by atoms with Gasteiger partial charge < -0.3 is 20.3 Å². The molecule has 0 bridgehead atoms. The molecule has 164 valence electrons. The maximum absolute atomic E-state index is 13.6. The third kappa shape index (κ3) is 4.93. The van der Waals surface area contributed by atoms with E-state index >= 15 is 0 Å². The van der Waals surface area contributed by atoms with Crippen LogP contribution in [0, 0.1) is 11.8 Å². The first-order valence-electron chi connectivity index (χ1n) is 10.4. The van der Waals surface area contributed by atoms with Crippen molar-refractivity contribution in [2.75, 3.05) is 6.54 Å². The summed E-state index contributed by atoms with van der Waals surface area (Å²) in [4.78, 5) is 40.3. The molecule has 0 aromatic rings. The fourth-order valence-electron chi connectivity index (χ4n) is 4.83. The van der Waals surface area contributed by atoms with Crippen molar-refractivity contribution in [3.63, 3.8) is 0 Å². The average Bonchev–Trinajstić information content (AvgIpc) is 3.03. The summed E-state index contributed by atoms with van der Waals surface area (Å²) in [6.07, 6.45) is 3.25. The molecule has 2 rings (SSSR count). The molecule has 0 aromatic carbocycles. The smallest absolute Gasteiger partial charge is 0.410 e. The molecule has 7 heteroatoms. The lowest BCUT2D eigenvalue weighted by Crippen LogP contribution is -2.66. The fraction of sp³-hybridized carbons (Fsp3) is 0.773. The van der Waals surface area contributed by atoms with Crippen molar-refractivity contribution in [3.05, 3.63) is 12.7 Å². The van der Waals surface area contributed by atoms with Gasteiger partial charge in [-0.2, -0.15) is 0 Å². The van der Waals surface area contributed by atoms with E-state index in [4.69, 9.17) is 4.74 Å². The Morgan fingerprint density at radius 2 is 1.83 bits per heavy atom. The van der Waals surface area contributed by atoms with E-state index in [0.717, 1.165) is 0 Å². The normalized spacial score (nSPS) is 29.2. The van der Waals surface area contributed by atoms with Crippen LogP contribution in [0.2, 0.25) is 0 Å². The number of hydrogen-bond donors (Lipinski definition) is 2. The summed E-state index contributed by atoms with van der Waals surface area (Å²) in [5, 5.41) is 6.08. The number of amides is 3. The van der Waals surface area contributed by atoms with Gasteiger partial charge >= 0.3 is 6.09 Å². The van der Waals surface area contributed by atoms with Gasteiger partial charge in [0.15, 0.2) is 0 Å². The summed E-state index contributed by atoms with van der Waals surface area (Å²) in [7, 11) is 0. The first-order chi connectivity index (χ1) is 13.2. The van der Waals surface area contributed by atoms with Gasteiger partial charge in [0.05, 0.1) is 0 Å². The van der Waals surface area contributed by atoms with Crippen LogP contribution < -0.4 is 10.6 Å². The Morgan fingerprint density at radius 3 is 2.31 bits per heavy atom. The number of rotatable bonds is 4. The van der Waals surface area contributed by atoms with Crippen molar-refractivity contribution in [1.29, 1.82) is 0 Å². The Hall–Kier alpha value is -2.05. The van der Waals surface area contributed by atoms with Crippen LogP contribution in [0.15, 0.2) is 12.7 Å². The van der Waals surface area contributed by atoms with Crippen molar-refractivity contribution >= 4 is 17.9 Å². The highest BCUT2D eigenvalue weighted by molar-refractivity contribution is 5.93. The Morgan fingerprint density at radius 1 is 1.21 bits per heavy atom. The van der Waals surface area contributed by atoms with Crippen molar-refractivity contribution in [3.8, 4) is 0 Å². The van der Waals surface area contributed by atoms with E-state index in [1.54, 1.807) is 11.0 Å². The van der Waals surface area contributed by atoms with E-state index in [-0.39, 0.29) is 35.8 Å². The van der Waals surface area contributed by atoms with Crippen LogP contribution in [0.3, 0.4) is 0 Å². The van der Waals surface area contributed by atoms with Crippen LogP contribution in [-0.2, 0) is 14.3 Å². The number of nitrogens with one attached hydrogen (secondary N) is 2. The minimum Gasteiger partial charge on any atom is -0.444 e. The first kappa shape index (κ1) is 23.2. The number of fused-ring (bicyclic) bond motifs is 1. The topological polar surface area (TPSA) is 87.7 Å². The van der Waals surface area contributed by atoms with Crippen molar-refractivity contribution in [2.24, 2.45) is 11.8 Å². The minimum absolute atomic E-state index is 0.147. The zero-order valence-electron chi connectivity index (χ0n) is 18.9. The number of likely N-dealkylation sites (tertiary alicyclic amines) is 1. The Balaban J connectivity index is 2.43. The Bertz CT molecular complexity index is 677. The molecule has 1 saturated heterocycles. The second-order valence-electron chi connectivity index (χ2n) is 10.3. The highest BCUT2D eigenvalue weighted by Gasteiger charge is 2.63. The van der Waals surface area contributed by atoms with Gasteiger partial charge in [0.25, 0.3) is 0 Å². The highest BCUT2D eigenvalue weighted by atomic mass is 16.6. The molecular weight excluding hydrogens is 370 g/mol. The lowest BCUT2D eigenvalue weighted by molar-refractivity contribution is -0.137. The lowest BCUT2D eigenvalue weighted by Gasteiger charge is -2.40. The molecule has 29 heavy (non-hydrogen) atoms. The second kappa shape index (κ2) is 8.00. The van der Waals surface area contributed by atoms with Gasteiger partial charge in [0.2, 0.25) is 11.8 Å². The van der Waals surface area contributed by atoms with Crippen LogP contribution in [0.4, 0.5) is 4.79 Å². The molecule has 4 atom stereocenters. The first-order valence-corrected chi connectivity index (χ1v) is 10.4. The molecule has 0 unspecified atom stereocenters. The van der Waals surface area contributed by atoms with Crippen molar-refractivity contribution < 1.29 is 19.1 Å². The maximum atomic E-state index is 13.6. The molecule has 2 N–H and O–H groups in total. The Kier molecular flexibility index (Phi) is 6.40. The van der Waals surface area contributed by atoms with E-state index in [1.165, 1.54) is 6.92 Å². The average molecular weight is 408 g/mol. The Labute approximate surface area is 174 Å². The van der Waals surface area contributed by atoms with Crippen LogP contribution in [0.1, 0.15) is 67.7 Å². The van der Waals surface area contributed by atoms with Gasteiger partial charge in [-0.25, -0.2) is 4.79 Å². The molecule has 0 spiro atoms. The number of allylic oxidation sites excluding steroid dienone is 1. The molecule has 7 nitrogen and oxygen atoms in total. The molecule has 0 radical (unpaired) electrons. The van der Waals surface area contributed by atoms with Gasteiger partial charge in [-0.15, -0.1) is 6.58 Å². The molecule has 1 aliphatic heterocycles. The molecule has 0 aromatic heterocycles. The quantitative estimate of drug-likeness (QED) is 0.701. The summed E-state index contributed by atoms with van der Waals surface area (Å²) >= 11 is 0. The van der Waals surface area contributed by atoms with Crippen LogP contribution in [0.5, 0.6) is 0 Å².